The van der Waals surface area contributed by atoms with Gasteiger partial charge in [-0.2, -0.15) is 5.26 Å². The number of nitriles is 1. The summed E-state index contributed by atoms with van der Waals surface area (Å²) in [6, 6.07) is 10.3. The molecule has 2 aromatic carbocycles. The molecular formula is C27H37N3O4S. The first-order chi connectivity index (χ1) is 15.9. The molecule has 4 N–H and O–H groups in total. The van der Waals surface area contributed by atoms with E-state index in [1.165, 1.54) is 12.1 Å². The lowest BCUT2D eigenvalue weighted by atomic mass is 9.85. The second kappa shape index (κ2) is 10.2. The summed E-state index contributed by atoms with van der Waals surface area (Å²) in [5.41, 5.74) is 1.22. The summed E-state index contributed by atoms with van der Waals surface area (Å²) in [6.07, 6.45) is -0.107. The summed E-state index contributed by atoms with van der Waals surface area (Å²) in [5, 5.41) is 36.6. The summed E-state index contributed by atoms with van der Waals surface area (Å²) < 4.78 is 17.4. The van der Waals surface area contributed by atoms with Crippen molar-refractivity contribution in [3.05, 3.63) is 63.7 Å². The molecule has 2 aromatic rings. The Kier molecular flexibility index (Phi) is 8.35. The number of rotatable bonds is 7. The number of benzene rings is 2. The van der Waals surface area contributed by atoms with Crippen molar-refractivity contribution >= 4 is 15.8 Å². The van der Waals surface area contributed by atoms with E-state index < -0.39 is 27.0 Å². The van der Waals surface area contributed by atoms with E-state index in [4.69, 9.17) is 5.14 Å². The Bertz CT molecular complexity index is 1220. The zero-order chi connectivity index (χ0) is 26.9. The average molecular weight is 500 g/mol. The topological polar surface area (TPSA) is 137 Å². The molecule has 0 bridgehead atoms. The fraction of sp³-hybridized carbons (Fsp3) is 0.481. The van der Waals surface area contributed by atoms with Gasteiger partial charge in [-0.05, 0) is 91.6 Å². The lowest BCUT2D eigenvalue weighted by Crippen LogP contribution is -2.23. The fourth-order valence-corrected chi connectivity index (χ4v) is 4.94. The lowest BCUT2D eigenvalue weighted by molar-refractivity contribution is -0.117. The second-order valence-corrected chi connectivity index (χ2v) is 12.4. The van der Waals surface area contributed by atoms with Gasteiger partial charge in [-0.1, -0.05) is 33.8 Å². The van der Waals surface area contributed by atoms with Crippen LogP contribution in [0, 0.1) is 11.3 Å². The molecule has 0 aliphatic heterocycles. The van der Waals surface area contributed by atoms with Crippen molar-refractivity contribution in [1.29, 1.82) is 5.26 Å². The van der Waals surface area contributed by atoms with Crippen LogP contribution in [-0.4, -0.2) is 20.3 Å². The number of nitrogens with zero attached hydrogens (tertiary/aromatic N) is 2. The van der Waals surface area contributed by atoms with Crippen LogP contribution in [0.25, 0.3) is 0 Å². The number of hydrogen-bond acceptors (Lipinski definition) is 5. The SMILES string of the molecule is CC(C)c1cc(C#N)cc(C(C)C)c1CC(=O)N=S(N)(=O)c1cc(C(C)(C)O)cc(C(C)(C)O)c1. The maximum absolute atomic E-state index is 13.5. The molecule has 0 radical (unpaired) electrons. The molecule has 0 saturated heterocycles. The number of nitrogens with two attached hydrogens (primary N) is 1. The van der Waals surface area contributed by atoms with E-state index in [2.05, 4.69) is 10.4 Å². The highest BCUT2D eigenvalue weighted by atomic mass is 32.2. The van der Waals surface area contributed by atoms with Gasteiger partial charge in [0.05, 0.1) is 34.2 Å². The van der Waals surface area contributed by atoms with Crippen LogP contribution in [0.5, 0.6) is 0 Å². The molecular weight excluding hydrogens is 462 g/mol. The predicted octanol–water partition coefficient (Wildman–Crippen LogP) is 4.73. The van der Waals surface area contributed by atoms with Crippen molar-refractivity contribution in [2.75, 3.05) is 0 Å². The van der Waals surface area contributed by atoms with Crippen LogP contribution in [0.1, 0.15) is 101 Å². The molecule has 0 fully saturated rings. The van der Waals surface area contributed by atoms with E-state index in [0.29, 0.717) is 16.7 Å². The van der Waals surface area contributed by atoms with Crippen molar-refractivity contribution in [2.24, 2.45) is 9.50 Å². The third-order valence-electron chi connectivity index (χ3n) is 5.91. The van der Waals surface area contributed by atoms with Gasteiger partial charge in [0.2, 0.25) is 0 Å². The van der Waals surface area contributed by atoms with E-state index in [0.717, 1.165) is 16.7 Å². The zero-order valence-electron chi connectivity index (χ0n) is 21.8. The van der Waals surface area contributed by atoms with Crippen LogP contribution in [0.2, 0.25) is 0 Å². The molecule has 0 saturated carbocycles. The smallest absolute Gasteiger partial charge is 0.259 e. The van der Waals surface area contributed by atoms with Crippen molar-refractivity contribution in [1.82, 2.24) is 0 Å². The highest BCUT2D eigenvalue weighted by molar-refractivity contribution is 7.91. The van der Waals surface area contributed by atoms with Gasteiger partial charge < -0.3 is 10.2 Å². The van der Waals surface area contributed by atoms with Gasteiger partial charge in [0, 0.05) is 0 Å². The van der Waals surface area contributed by atoms with Gasteiger partial charge >= 0.3 is 0 Å². The number of carbonyl (C=O) groups excluding carboxylic acids is 1. The largest absolute Gasteiger partial charge is 0.386 e. The standard InChI is InChI=1S/C27H37N3O4S/c1-16(2)22-9-18(15-28)10-23(17(3)4)24(22)14-25(31)30-35(29,34)21-12-19(26(5,6)32)11-20(13-21)27(7,8)33/h9-13,16-17,32-33H,14H2,1-8H3,(H2,29,30,31,34). The molecule has 8 heteroatoms. The van der Waals surface area contributed by atoms with Gasteiger partial charge in [-0.15, -0.1) is 4.36 Å². The van der Waals surface area contributed by atoms with Gasteiger partial charge in [0.15, 0.2) is 0 Å². The van der Waals surface area contributed by atoms with E-state index in [-0.39, 0.29) is 23.2 Å². The van der Waals surface area contributed by atoms with Crippen molar-refractivity contribution in [3.8, 4) is 6.07 Å². The summed E-state index contributed by atoms with van der Waals surface area (Å²) in [6.45, 7) is 14.2. The highest BCUT2D eigenvalue weighted by Crippen LogP contribution is 2.32. The van der Waals surface area contributed by atoms with Crippen LogP contribution in [0.3, 0.4) is 0 Å². The summed E-state index contributed by atoms with van der Waals surface area (Å²) in [5.74, 6) is -0.531. The minimum Gasteiger partial charge on any atom is -0.386 e. The molecule has 2 rings (SSSR count). The van der Waals surface area contributed by atoms with Crippen LogP contribution in [0.4, 0.5) is 0 Å². The molecule has 7 nitrogen and oxygen atoms in total. The maximum Gasteiger partial charge on any atom is 0.259 e. The Balaban J connectivity index is 2.64. The third kappa shape index (κ3) is 6.98. The number of carbonyl (C=O) groups is 1. The average Bonchev–Trinajstić information content (AvgIpc) is 2.71. The first-order valence-corrected chi connectivity index (χ1v) is 13.2. The number of amides is 1. The summed E-state index contributed by atoms with van der Waals surface area (Å²) in [7, 11) is -3.67. The van der Waals surface area contributed by atoms with E-state index in [1.54, 1.807) is 45.9 Å². The van der Waals surface area contributed by atoms with E-state index in [9.17, 15) is 24.5 Å². The Morgan fingerprint density at radius 3 is 1.74 bits per heavy atom. The maximum atomic E-state index is 13.5. The molecule has 190 valence electrons. The predicted molar refractivity (Wildman–Crippen MR) is 138 cm³/mol. The zero-order valence-corrected chi connectivity index (χ0v) is 22.7. The van der Waals surface area contributed by atoms with Gasteiger partial charge in [-0.3, -0.25) is 4.79 Å². The lowest BCUT2D eigenvalue weighted by Gasteiger charge is -2.24. The molecule has 0 heterocycles. The fourth-order valence-electron chi connectivity index (χ4n) is 3.88. The Morgan fingerprint density at radius 1 is 0.971 bits per heavy atom. The molecule has 35 heavy (non-hydrogen) atoms. The van der Waals surface area contributed by atoms with Crippen molar-refractivity contribution in [3.63, 3.8) is 0 Å². The quantitative estimate of drug-likeness (QED) is 0.506. The Labute approximate surface area is 209 Å². The Morgan fingerprint density at radius 2 is 1.40 bits per heavy atom. The van der Waals surface area contributed by atoms with E-state index >= 15 is 0 Å². The highest BCUT2D eigenvalue weighted by Gasteiger charge is 2.26. The van der Waals surface area contributed by atoms with Crippen molar-refractivity contribution in [2.45, 2.75) is 89.7 Å². The molecule has 0 aliphatic rings. The minimum absolute atomic E-state index is 0.0515. The molecule has 1 unspecified atom stereocenters. The monoisotopic (exact) mass is 499 g/mol. The van der Waals surface area contributed by atoms with Crippen LogP contribution < -0.4 is 5.14 Å². The van der Waals surface area contributed by atoms with Crippen LogP contribution in [-0.2, 0) is 32.3 Å². The summed E-state index contributed by atoms with van der Waals surface area (Å²) >= 11 is 0. The second-order valence-electron chi connectivity index (χ2n) is 10.6. The first kappa shape index (κ1) is 28.7. The van der Waals surface area contributed by atoms with Crippen LogP contribution in [0.15, 0.2) is 39.6 Å². The van der Waals surface area contributed by atoms with Gasteiger partial charge in [0.25, 0.3) is 5.91 Å². The molecule has 0 aliphatic carbocycles. The number of hydrogen-bond donors (Lipinski definition) is 3. The van der Waals surface area contributed by atoms with Gasteiger partial charge in [-0.25, -0.2) is 9.35 Å². The Hall–Kier alpha value is -2.57. The van der Waals surface area contributed by atoms with Gasteiger partial charge in [0.1, 0.15) is 9.92 Å². The third-order valence-corrected chi connectivity index (χ3v) is 7.30. The van der Waals surface area contributed by atoms with E-state index in [1.807, 2.05) is 27.7 Å². The van der Waals surface area contributed by atoms with Crippen molar-refractivity contribution < 1.29 is 19.2 Å². The molecule has 0 spiro atoms. The van der Waals surface area contributed by atoms with Crippen LogP contribution >= 0.6 is 0 Å². The minimum atomic E-state index is -3.67. The molecule has 1 atom stereocenters. The first-order valence-electron chi connectivity index (χ1n) is 11.6. The molecule has 0 aromatic heterocycles. The summed E-state index contributed by atoms with van der Waals surface area (Å²) in [4.78, 5) is 13.1. The normalized spacial score (nSPS) is 14.1. The number of aliphatic hydroxyl groups is 2. The molecule has 1 amide bonds.